The molecule has 10 heteroatoms. The molecule has 0 spiro atoms. The first-order chi connectivity index (χ1) is 14.2. The second kappa shape index (κ2) is 9.40. The normalized spacial score (nSPS) is 11.4. The number of aryl methyl sites for hydroxylation is 1. The summed E-state index contributed by atoms with van der Waals surface area (Å²) in [5.74, 6) is 0.435. The van der Waals surface area contributed by atoms with Gasteiger partial charge in [0.25, 0.3) is 0 Å². The quantitative estimate of drug-likeness (QED) is 0.460. The molecule has 0 saturated carbocycles. The van der Waals surface area contributed by atoms with Crippen LogP contribution in [0.3, 0.4) is 0 Å². The zero-order chi connectivity index (χ0) is 21.7. The van der Waals surface area contributed by atoms with Crippen molar-refractivity contribution in [2.24, 2.45) is 0 Å². The van der Waals surface area contributed by atoms with E-state index in [4.69, 9.17) is 27.6 Å². The fourth-order valence-corrected chi connectivity index (χ4v) is 3.01. The van der Waals surface area contributed by atoms with Crippen LogP contribution in [-0.4, -0.2) is 23.7 Å². The molecule has 3 rings (SSSR count). The van der Waals surface area contributed by atoms with Gasteiger partial charge in [-0.25, -0.2) is 4.98 Å². The van der Waals surface area contributed by atoms with Crippen LogP contribution in [0.15, 0.2) is 53.1 Å². The van der Waals surface area contributed by atoms with Gasteiger partial charge in [-0.05, 0) is 30.3 Å². The van der Waals surface area contributed by atoms with Crippen molar-refractivity contribution in [1.29, 1.82) is 0 Å². The lowest BCUT2D eigenvalue weighted by Crippen LogP contribution is -2.19. The van der Waals surface area contributed by atoms with E-state index < -0.39 is 12.8 Å². The lowest BCUT2D eigenvalue weighted by molar-refractivity contribution is -0.153. The molecule has 1 N–H and O–H groups in total. The van der Waals surface area contributed by atoms with E-state index in [0.29, 0.717) is 32.9 Å². The Hall–Kier alpha value is -2.71. The maximum atomic E-state index is 12.2. The van der Waals surface area contributed by atoms with Gasteiger partial charge in [0.05, 0.1) is 11.2 Å². The Labute approximate surface area is 179 Å². The standard InChI is InChI=1S/C20H15Cl2F3N2O3/c21-12-4-5-15(16(22)8-12)17-10-26-19(30-17)7-6-18(28)27-13-2-1-3-14(9-13)29-11-20(23,24)25/h1-5,8-10H,6-7,11H2,(H,27,28). The summed E-state index contributed by atoms with van der Waals surface area (Å²) in [5, 5.41) is 3.50. The number of carbonyl (C=O) groups excluding carboxylic acids is 1. The highest BCUT2D eigenvalue weighted by Gasteiger charge is 2.28. The van der Waals surface area contributed by atoms with Gasteiger partial charge in [0, 0.05) is 35.2 Å². The molecule has 1 amide bonds. The Kier molecular flexibility index (Phi) is 6.89. The third-order valence-corrected chi connectivity index (χ3v) is 4.38. The van der Waals surface area contributed by atoms with Gasteiger partial charge < -0.3 is 14.5 Å². The van der Waals surface area contributed by atoms with E-state index in [9.17, 15) is 18.0 Å². The third kappa shape index (κ3) is 6.40. The van der Waals surface area contributed by atoms with Crippen LogP contribution in [-0.2, 0) is 11.2 Å². The number of anilines is 1. The Morgan fingerprint density at radius 1 is 1.17 bits per heavy atom. The predicted octanol–water partition coefficient (Wildman–Crippen LogP) is 6.16. The maximum absolute atomic E-state index is 12.2. The summed E-state index contributed by atoms with van der Waals surface area (Å²) in [4.78, 5) is 16.3. The largest absolute Gasteiger partial charge is 0.484 e. The summed E-state index contributed by atoms with van der Waals surface area (Å²) in [6, 6.07) is 10.7. The summed E-state index contributed by atoms with van der Waals surface area (Å²) in [6.07, 6.45) is -2.66. The van der Waals surface area contributed by atoms with E-state index in [0.717, 1.165) is 0 Å². The molecule has 158 valence electrons. The van der Waals surface area contributed by atoms with E-state index in [-0.39, 0.29) is 24.5 Å². The molecule has 0 aliphatic heterocycles. The number of rotatable bonds is 7. The molecular formula is C20H15Cl2F3N2O3. The monoisotopic (exact) mass is 458 g/mol. The highest BCUT2D eigenvalue weighted by atomic mass is 35.5. The van der Waals surface area contributed by atoms with Crippen LogP contribution in [0.1, 0.15) is 12.3 Å². The topological polar surface area (TPSA) is 64.4 Å². The Morgan fingerprint density at radius 3 is 2.70 bits per heavy atom. The minimum Gasteiger partial charge on any atom is -0.484 e. The van der Waals surface area contributed by atoms with Crippen LogP contribution in [0.5, 0.6) is 5.75 Å². The summed E-state index contributed by atoms with van der Waals surface area (Å²) >= 11 is 12.0. The number of hydrogen-bond donors (Lipinski definition) is 1. The Bertz CT molecular complexity index is 1040. The fourth-order valence-electron chi connectivity index (χ4n) is 2.51. The number of amides is 1. The van der Waals surface area contributed by atoms with Crippen molar-refractivity contribution in [2.45, 2.75) is 19.0 Å². The van der Waals surface area contributed by atoms with Gasteiger partial charge >= 0.3 is 6.18 Å². The van der Waals surface area contributed by atoms with Gasteiger partial charge in [0.2, 0.25) is 5.91 Å². The Balaban J connectivity index is 1.55. The van der Waals surface area contributed by atoms with Crippen LogP contribution in [0, 0.1) is 0 Å². The molecule has 0 unspecified atom stereocenters. The minimum absolute atomic E-state index is 0.00214. The van der Waals surface area contributed by atoms with Gasteiger partial charge in [-0.1, -0.05) is 29.3 Å². The lowest BCUT2D eigenvalue weighted by atomic mass is 10.2. The van der Waals surface area contributed by atoms with E-state index in [1.807, 2.05) is 0 Å². The van der Waals surface area contributed by atoms with Gasteiger partial charge in [0.1, 0.15) is 5.75 Å². The number of benzene rings is 2. The average Bonchev–Trinajstić information content (AvgIpc) is 3.13. The number of hydrogen-bond acceptors (Lipinski definition) is 4. The van der Waals surface area contributed by atoms with Crippen molar-refractivity contribution in [1.82, 2.24) is 4.98 Å². The molecule has 1 aromatic heterocycles. The zero-order valence-electron chi connectivity index (χ0n) is 15.3. The van der Waals surface area contributed by atoms with Gasteiger partial charge in [-0.2, -0.15) is 13.2 Å². The summed E-state index contributed by atoms with van der Waals surface area (Å²) in [6.45, 7) is -1.41. The van der Waals surface area contributed by atoms with Gasteiger partial charge in [-0.3, -0.25) is 4.79 Å². The molecule has 0 atom stereocenters. The smallest absolute Gasteiger partial charge is 0.422 e. The molecular weight excluding hydrogens is 444 g/mol. The van der Waals surface area contributed by atoms with Crippen LogP contribution in [0.2, 0.25) is 10.0 Å². The van der Waals surface area contributed by atoms with E-state index >= 15 is 0 Å². The number of nitrogens with one attached hydrogen (secondary N) is 1. The number of aromatic nitrogens is 1. The SMILES string of the molecule is O=C(CCc1ncc(-c2ccc(Cl)cc2Cl)o1)Nc1cccc(OCC(F)(F)F)c1. The molecule has 0 bridgehead atoms. The van der Waals surface area contributed by atoms with Crippen molar-refractivity contribution < 1.29 is 27.1 Å². The molecule has 0 radical (unpaired) electrons. The van der Waals surface area contributed by atoms with E-state index in [1.54, 1.807) is 24.3 Å². The molecule has 5 nitrogen and oxygen atoms in total. The molecule has 3 aromatic rings. The maximum Gasteiger partial charge on any atom is 0.422 e. The number of halogens is 5. The molecule has 30 heavy (non-hydrogen) atoms. The molecule has 2 aromatic carbocycles. The first kappa shape index (κ1) is 22.0. The zero-order valence-corrected chi connectivity index (χ0v) is 16.8. The van der Waals surface area contributed by atoms with Crippen LogP contribution in [0.25, 0.3) is 11.3 Å². The Morgan fingerprint density at radius 2 is 1.97 bits per heavy atom. The van der Waals surface area contributed by atoms with Crippen molar-refractivity contribution in [3.8, 4) is 17.1 Å². The fraction of sp³-hybridized carbons (Fsp3) is 0.200. The summed E-state index contributed by atoms with van der Waals surface area (Å²) in [5.41, 5.74) is 0.945. The second-order valence-electron chi connectivity index (χ2n) is 6.22. The van der Waals surface area contributed by atoms with E-state index in [1.165, 1.54) is 24.4 Å². The molecule has 0 aliphatic rings. The van der Waals surface area contributed by atoms with Crippen LogP contribution < -0.4 is 10.1 Å². The van der Waals surface area contributed by atoms with Crippen molar-refractivity contribution in [3.63, 3.8) is 0 Å². The van der Waals surface area contributed by atoms with Gasteiger partial charge in [-0.15, -0.1) is 0 Å². The first-order valence-electron chi connectivity index (χ1n) is 8.69. The predicted molar refractivity (Wildman–Crippen MR) is 107 cm³/mol. The summed E-state index contributed by atoms with van der Waals surface area (Å²) < 4.78 is 47.0. The van der Waals surface area contributed by atoms with E-state index in [2.05, 4.69) is 15.0 Å². The van der Waals surface area contributed by atoms with Gasteiger partial charge in [0.15, 0.2) is 18.3 Å². The molecule has 0 fully saturated rings. The second-order valence-corrected chi connectivity index (χ2v) is 7.07. The molecule has 1 heterocycles. The summed E-state index contributed by atoms with van der Waals surface area (Å²) in [7, 11) is 0. The van der Waals surface area contributed by atoms with Crippen LogP contribution in [0.4, 0.5) is 18.9 Å². The average molecular weight is 459 g/mol. The lowest BCUT2D eigenvalue weighted by Gasteiger charge is -2.10. The number of oxazole rings is 1. The number of nitrogens with zero attached hydrogens (tertiary/aromatic N) is 1. The third-order valence-electron chi connectivity index (χ3n) is 3.84. The van der Waals surface area contributed by atoms with Crippen molar-refractivity contribution in [3.05, 3.63) is 64.6 Å². The number of carbonyl (C=O) groups is 1. The first-order valence-corrected chi connectivity index (χ1v) is 9.45. The molecule has 0 aliphatic carbocycles. The number of alkyl halides is 3. The highest BCUT2D eigenvalue weighted by Crippen LogP contribution is 2.31. The van der Waals surface area contributed by atoms with Crippen molar-refractivity contribution >= 4 is 34.8 Å². The number of ether oxygens (including phenoxy) is 1. The minimum atomic E-state index is -4.44. The van der Waals surface area contributed by atoms with Crippen LogP contribution >= 0.6 is 23.2 Å². The van der Waals surface area contributed by atoms with Crippen molar-refractivity contribution in [2.75, 3.05) is 11.9 Å². The molecule has 0 saturated heterocycles. The highest BCUT2D eigenvalue weighted by molar-refractivity contribution is 6.36.